The molecule has 0 bridgehead atoms. The quantitative estimate of drug-likeness (QED) is 0.812. The summed E-state index contributed by atoms with van der Waals surface area (Å²) in [5, 5.41) is 5.90. The molecule has 6 heteroatoms. The van der Waals surface area contributed by atoms with Gasteiger partial charge in [-0.15, -0.1) is 0 Å². The van der Waals surface area contributed by atoms with Crippen LogP contribution < -0.4 is 10.6 Å². The van der Waals surface area contributed by atoms with Crippen LogP contribution in [0.2, 0.25) is 0 Å². The summed E-state index contributed by atoms with van der Waals surface area (Å²) in [7, 11) is 0. The zero-order valence-electron chi connectivity index (χ0n) is 12.8. The van der Waals surface area contributed by atoms with Crippen molar-refractivity contribution in [2.24, 2.45) is 5.92 Å². The van der Waals surface area contributed by atoms with Crippen LogP contribution in [0.3, 0.4) is 0 Å². The zero-order valence-corrected chi connectivity index (χ0v) is 12.8. The van der Waals surface area contributed by atoms with Gasteiger partial charge in [0, 0.05) is 25.7 Å². The van der Waals surface area contributed by atoms with Crippen LogP contribution in [0.25, 0.3) is 0 Å². The molecule has 1 saturated heterocycles. The summed E-state index contributed by atoms with van der Waals surface area (Å²) in [6.45, 7) is 8.56. The second kappa shape index (κ2) is 7.54. The van der Waals surface area contributed by atoms with E-state index >= 15 is 0 Å². The zero-order chi connectivity index (χ0) is 15.2. The molecule has 0 amide bonds. The lowest BCUT2D eigenvalue weighted by molar-refractivity contribution is 0.345. The van der Waals surface area contributed by atoms with Gasteiger partial charge in [0.1, 0.15) is 0 Å². The van der Waals surface area contributed by atoms with Crippen molar-refractivity contribution in [2.75, 3.05) is 43.4 Å². The Hall–Kier alpha value is -1.43. The van der Waals surface area contributed by atoms with Gasteiger partial charge in [0.05, 0.1) is 0 Å². The van der Waals surface area contributed by atoms with Crippen LogP contribution in [0, 0.1) is 17.6 Å². The summed E-state index contributed by atoms with van der Waals surface area (Å²) in [6.07, 6.45) is 1.96. The molecule has 1 atom stereocenters. The van der Waals surface area contributed by atoms with Crippen molar-refractivity contribution >= 4 is 11.6 Å². The van der Waals surface area contributed by atoms with E-state index < -0.39 is 11.6 Å². The number of aromatic nitrogens is 1. The van der Waals surface area contributed by atoms with Crippen LogP contribution in [0.1, 0.15) is 26.7 Å². The highest BCUT2D eigenvalue weighted by Crippen LogP contribution is 2.21. The van der Waals surface area contributed by atoms with Gasteiger partial charge in [-0.2, -0.15) is 0 Å². The predicted octanol–water partition coefficient (Wildman–Crippen LogP) is 2.94. The van der Waals surface area contributed by atoms with Crippen LogP contribution >= 0.6 is 0 Å². The van der Waals surface area contributed by atoms with Crippen LogP contribution in [-0.4, -0.2) is 42.6 Å². The Morgan fingerprint density at radius 2 is 1.95 bits per heavy atom. The Balaban J connectivity index is 1.96. The monoisotopic (exact) mass is 298 g/mol. The van der Waals surface area contributed by atoms with Gasteiger partial charge in [-0.1, -0.05) is 13.8 Å². The fourth-order valence-corrected chi connectivity index (χ4v) is 2.57. The molecule has 1 aliphatic rings. The number of nitrogens with zero attached hydrogens (tertiary/aromatic N) is 2. The third-order valence-corrected chi connectivity index (χ3v) is 3.85. The number of halogens is 2. The highest BCUT2D eigenvalue weighted by atomic mass is 19.1. The Morgan fingerprint density at radius 1 is 1.24 bits per heavy atom. The minimum absolute atomic E-state index is 0.113. The molecule has 0 aromatic carbocycles. The minimum atomic E-state index is -0.649. The molecule has 118 valence electrons. The Morgan fingerprint density at radius 3 is 2.57 bits per heavy atom. The second-order valence-corrected chi connectivity index (χ2v) is 5.50. The molecule has 1 aliphatic heterocycles. The van der Waals surface area contributed by atoms with Gasteiger partial charge in [0.15, 0.2) is 23.3 Å². The average molecular weight is 298 g/mol. The first-order valence-corrected chi connectivity index (χ1v) is 7.70. The highest BCUT2D eigenvalue weighted by Gasteiger charge is 2.21. The smallest absolute Gasteiger partial charge is 0.168 e. The van der Waals surface area contributed by atoms with E-state index in [4.69, 9.17) is 0 Å². The Bertz CT molecular complexity index is 467. The molecule has 0 radical (unpaired) electrons. The predicted molar refractivity (Wildman–Crippen MR) is 81.6 cm³/mol. The molecule has 2 heterocycles. The number of likely N-dealkylation sites (tertiary alicyclic amines) is 1. The SMILES string of the molecule is CCCNc1nc(NCC2CCN(CC)C2)c(F)cc1F. The van der Waals surface area contributed by atoms with Crippen LogP contribution in [-0.2, 0) is 0 Å². The molecule has 1 fully saturated rings. The molecule has 21 heavy (non-hydrogen) atoms. The standard InChI is InChI=1S/C15H24F2N4/c1-3-6-18-14-12(16)8-13(17)15(20-14)19-9-11-5-7-21(4-2)10-11/h8,11H,3-7,9-10H2,1-2H3,(H2,18,19,20). The van der Waals surface area contributed by atoms with Crippen molar-refractivity contribution in [1.82, 2.24) is 9.88 Å². The number of pyridine rings is 1. The van der Waals surface area contributed by atoms with Crippen molar-refractivity contribution in [3.63, 3.8) is 0 Å². The minimum Gasteiger partial charge on any atom is -0.368 e. The first kappa shape index (κ1) is 15.9. The first-order valence-electron chi connectivity index (χ1n) is 7.70. The van der Waals surface area contributed by atoms with Crippen LogP contribution in [0.5, 0.6) is 0 Å². The largest absolute Gasteiger partial charge is 0.368 e. The summed E-state index contributed by atoms with van der Waals surface area (Å²) in [4.78, 5) is 6.39. The molecule has 2 rings (SSSR count). The Kier molecular flexibility index (Phi) is 5.73. The molecule has 2 N–H and O–H groups in total. The molecule has 4 nitrogen and oxygen atoms in total. The second-order valence-electron chi connectivity index (χ2n) is 5.50. The van der Waals surface area contributed by atoms with Gasteiger partial charge >= 0.3 is 0 Å². The molecule has 1 aromatic rings. The maximum absolute atomic E-state index is 13.8. The summed E-state index contributed by atoms with van der Waals surface area (Å²) in [5.74, 6) is -0.556. The lowest BCUT2D eigenvalue weighted by Gasteiger charge is -2.15. The number of hydrogen-bond acceptors (Lipinski definition) is 4. The maximum Gasteiger partial charge on any atom is 0.168 e. The summed E-state index contributed by atoms with van der Waals surface area (Å²) >= 11 is 0. The molecule has 0 saturated carbocycles. The highest BCUT2D eigenvalue weighted by molar-refractivity contribution is 5.47. The number of nitrogens with one attached hydrogen (secondary N) is 2. The summed E-state index contributed by atoms with van der Waals surface area (Å²) < 4.78 is 27.4. The van der Waals surface area contributed by atoms with Gasteiger partial charge in [-0.3, -0.25) is 0 Å². The van der Waals surface area contributed by atoms with Crippen molar-refractivity contribution in [3.8, 4) is 0 Å². The van der Waals surface area contributed by atoms with Gasteiger partial charge in [-0.05, 0) is 31.8 Å². The van der Waals surface area contributed by atoms with E-state index in [9.17, 15) is 8.78 Å². The van der Waals surface area contributed by atoms with E-state index in [0.29, 0.717) is 19.0 Å². The molecule has 0 aliphatic carbocycles. The summed E-state index contributed by atoms with van der Waals surface area (Å²) in [6, 6.07) is 0.889. The third kappa shape index (κ3) is 4.27. The Labute approximate surface area is 124 Å². The first-order chi connectivity index (χ1) is 10.1. The number of anilines is 2. The fourth-order valence-electron chi connectivity index (χ4n) is 2.57. The van der Waals surface area contributed by atoms with Crippen molar-refractivity contribution in [2.45, 2.75) is 26.7 Å². The van der Waals surface area contributed by atoms with Gasteiger partial charge in [0.25, 0.3) is 0 Å². The van der Waals surface area contributed by atoms with E-state index in [-0.39, 0.29) is 11.6 Å². The van der Waals surface area contributed by atoms with Gasteiger partial charge in [0.2, 0.25) is 0 Å². The van der Waals surface area contributed by atoms with Gasteiger partial charge < -0.3 is 15.5 Å². The molecular formula is C15H24F2N4. The normalized spacial score (nSPS) is 19.0. The third-order valence-electron chi connectivity index (χ3n) is 3.85. The van der Waals surface area contributed by atoms with E-state index in [0.717, 1.165) is 38.5 Å². The van der Waals surface area contributed by atoms with Crippen molar-refractivity contribution < 1.29 is 8.78 Å². The molecule has 1 unspecified atom stereocenters. The van der Waals surface area contributed by atoms with E-state index in [1.807, 2.05) is 6.92 Å². The number of rotatable bonds is 7. The van der Waals surface area contributed by atoms with Crippen molar-refractivity contribution in [1.29, 1.82) is 0 Å². The van der Waals surface area contributed by atoms with E-state index in [1.54, 1.807) is 0 Å². The topological polar surface area (TPSA) is 40.2 Å². The molecular weight excluding hydrogens is 274 g/mol. The fraction of sp³-hybridized carbons (Fsp3) is 0.667. The lowest BCUT2D eigenvalue weighted by Crippen LogP contribution is -2.23. The number of hydrogen-bond donors (Lipinski definition) is 2. The molecule has 1 aromatic heterocycles. The van der Waals surface area contributed by atoms with E-state index in [2.05, 4.69) is 27.4 Å². The molecule has 0 spiro atoms. The van der Waals surface area contributed by atoms with E-state index in [1.165, 1.54) is 0 Å². The lowest BCUT2D eigenvalue weighted by atomic mass is 10.1. The van der Waals surface area contributed by atoms with Crippen molar-refractivity contribution in [3.05, 3.63) is 17.7 Å². The average Bonchev–Trinajstić information content (AvgIpc) is 2.93. The summed E-state index contributed by atoms with van der Waals surface area (Å²) in [5.41, 5.74) is 0. The van der Waals surface area contributed by atoms with Crippen LogP contribution in [0.15, 0.2) is 6.07 Å². The van der Waals surface area contributed by atoms with Gasteiger partial charge in [-0.25, -0.2) is 13.8 Å². The maximum atomic E-state index is 13.8. The van der Waals surface area contributed by atoms with Crippen LogP contribution in [0.4, 0.5) is 20.4 Å².